The summed E-state index contributed by atoms with van der Waals surface area (Å²) in [6.45, 7) is 3.89. The van der Waals surface area contributed by atoms with Gasteiger partial charge in [-0.15, -0.1) is 23.0 Å². The first-order chi connectivity index (χ1) is 6.86. The van der Waals surface area contributed by atoms with Gasteiger partial charge in [-0.3, -0.25) is 0 Å². The number of para-hydroxylation sites is 2. The van der Waals surface area contributed by atoms with Crippen molar-refractivity contribution in [1.82, 2.24) is 0 Å². The molecule has 0 atom stereocenters. The summed E-state index contributed by atoms with van der Waals surface area (Å²) >= 11 is 0. The Morgan fingerprint density at radius 2 is 1.38 bits per heavy atom. The Hall–Kier alpha value is -0.787. The first-order valence-corrected chi connectivity index (χ1v) is 4.50. The molecular weight excluding hydrogens is 317 g/mol. The molecule has 0 heterocycles. The van der Waals surface area contributed by atoms with Gasteiger partial charge in [0.25, 0.3) is 0 Å². The van der Waals surface area contributed by atoms with Crippen molar-refractivity contribution in [1.29, 1.82) is 0 Å². The molecule has 0 aromatic heterocycles. The van der Waals surface area contributed by atoms with Gasteiger partial charge in [-0.05, 0) is 12.1 Å². The van der Waals surface area contributed by atoms with E-state index in [9.17, 15) is 0 Å². The maximum absolute atomic E-state index is 5.65. The first-order valence-electron chi connectivity index (χ1n) is 4.50. The van der Waals surface area contributed by atoms with Gasteiger partial charge in [-0.1, -0.05) is 30.3 Å². The molecule has 80 valence electrons. The van der Waals surface area contributed by atoms with Crippen LogP contribution in [-0.4, -0.2) is 0 Å². The Labute approximate surface area is 119 Å². The number of ether oxygens (including phenoxy) is 1. The molecule has 0 amide bonds. The van der Waals surface area contributed by atoms with E-state index in [1.807, 2.05) is 54.6 Å². The van der Waals surface area contributed by atoms with Crippen molar-refractivity contribution >= 4 is 17.0 Å². The fourth-order valence-electron chi connectivity index (χ4n) is 1.22. The molecule has 1 nitrogen and oxygen atoms in total. The van der Waals surface area contributed by atoms with Crippen molar-refractivity contribution in [2.24, 2.45) is 0 Å². The summed E-state index contributed by atoms with van der Waals surface area (Å²) < 4.78 is 5.65. The van der Waals surface area contributed by atoms with Crippen LogP contribution >= 0.6 is 17.0 Å². The molecule has 0 bridgehead atoms. The first kappa shape index (κ1) is 15.2. The average molecular weight is 330 g/mol. The predicted molar refractivity (Wildman–Crippen MR) is 67.7 cm³/mol. The Morgan fingerprint density at radius 3 is 2.00 bits per heavy atom. The molecule has 2 aromatic carbocycles. The molecule has 0 saturated carbocycles. The van der Waals surface area contributed by atoms with Crippen LogP contribution in [-0.2, 0) is 19.5 Å². The van der Waals surface area contributed by atoms with E-state index < -0.39 is 0 Å². The summed E-state index contributed by atoms with van der Waals surface area (Å²) in [5.74, 6) is 1.64. The monoisotopic (exact) mass is 327 g/mol. The van der Waals surface area contributed by atoms with Gasteiger partial charge in [0.1, 0.15) is 5.75 Å². The van der Waals surface area contributed by atoms with Crippen molar-refractivity contribution in [2.75, 3.05) is 0 Å². The van der Waals surface area contributed by atoms with E-state index in [2.05, 4.69) is 6.92 Å². The summed E-state index contributed by atoms with van der Waals surface area (Å²) in [4.78, 5) is 0. The summed E-state index contributed by atoms with van der Waals surface area (Å²) in [5.41, 5.74) is 0.899. The molecule has 2 aromatic rings. The zero-order valence-corrected chi connectivity index (χ0v) is 13.6. The Balaban J connectivity index is 0.00000112. The summed E-state index contributed by atoms with van der Waals surface area (Å²) in [5, 5.41) is 0. The molecule has 0 spiro atoms. The second-order valence-electron chi connectivity index (χ2n) is 3.02. The minimum atomic E-state index is 0. The zero-order chi connectivity index (χ0) is 9.80. The molecule has 0 unspecified atom stereocenters. The van der Waals surface area contributed by atoms with Crippen LogP contribution in [0.4, 0.5) is 0 Å². The van der Waals surface area contributed by atoms with Gasteiger partial charge in [0.15, 0.2) is 0 Å². The molecule has 16 heavy (non-hydrogen) atoms. The topological polar surface area (TPSA) is 9.23 Å². The van der Waals surface area contributed by atoms with Crippen molar-refractivity contribution in [3.8, 4) is 11.5 Å². The van der Waals surface area contributed by atoms with Crippen LogP contribution in [0, 0.1) is 6.92 Å². The van der Waals surface area contributed by atoms with Crippen LogP contribution in [0.2, 0.25) is 0 Å². The van der Waals surface area contributed by atoms with E-state index in [1.165, 1.54) is 0 Å². The third kappa shape index (κ3) is 3.99. The van der Waals surface area contributed by atoms with Crippen LogP contribution in [0.5, 0.6) is 11.5 Å². The second kappa shape index (κ2) is 7.48. The zero-order valence-electron chi connectivity index (χ0n) is 8.93. The largest absolute Gasteiger partial charge is 0.516 e. The van der Waals surface area contributed by atoms with Gasteiger partial charge in [-0.2, -0.15) is 18.6 Å². The number of halogens is 1. The quantitative estimate of drug-likeness (QED) is 0.591. The van der Waals surface area contributed by atoms with Crippen molar-refractivity contribution in [3.63, 3.8) is 0 Å². The maximum Gasteiger partial charge on any atom is 0.110 e. The van der Waals surface area contributed by atoms with E-state index in [-0.39, 0.29) is 36.5 Å². The normalized spacial score (nSPS) is 8.50. The Kier molecular flexibility index (Phi) is 7.11. The Bertz CT molecular complexity index is 417. The van der Waals surface area contributed by atoms with Gasteiger partial charge in [0.2, 0.25) is 0 Å². The van der Waals surface area contributed by atoms with E-state index in [4.69, 9.17) is 4.74 Å². The minimum Gasteiger partial charge on any atom is -0.516 e. The van der Waals surface area contributed by atoms with Crippen LogP contribution < -0.4 is 4.74 Å². The van der Waals surface area contributed by atoms with E-state index in [0.29, 0.717) is 0 Å². The summed E-state index contributed by atoms with van der Waals surface area (Å²) in [7, 11) is 0. The molecule has 0 aliphatic rings. The van der Waals surface area contributed by atoms with Crippen molar-refractivity contribution in [3.05, 3.63) is 67.1 Å². The SMILES string of the molecule is Br.[CH2-]c1ccccc1Oc1ccccc1.[Zn]. The van der Waals surface area contributed by atoms with Gasteiger partial charge in [0.05, 0.1) is 0 Å². The molecule has 0 saturated heterocycles. The predicted octanol–water partition coefficient (Wildman–Crippen LogP) is 4.24. The van der Waals surface area contributed by atoms with Gasteiger partial charge >= 0.3 is 0 Å². The summed E-state index contributed by atoms with van der Waals surface area (Å²) in [6, 6.07) is 17.4. The molecule has 0 radical (unpaired) electrons. The minimum absolute atomic E-state index is 0. The van der Waals surface area contributed by atoms with Crippen molar-refractivity contribution < 1.29 is 24.2 Å². The molecule has 2 rings (SSSR count). The molecule has 3 heteroatoms. The second-order valence-corrected chi connectivity index (χ2v) is 3.02. The van der Waals surface area contributed by atoms with Crippen LogP contribution in [0.15, 0.2) is 54.6 Å². The molecule has 0 aliphatic heterocycles. The van der Waals surface area contributed by atoms with E-state index >= 15 is 0 Å². The van der Waals surface area contributed by atoms with Crippen LogP contribution in [0.25, 0.3) is 0 Å². The molecular formula is C13H12BrOZn-. The standard InChI is InChI=1S/C13H11O.BrH.Zn/c1-11-7-5-6-10-13(11)14-12-8-3-2-4-9-12;;/h2-10H,1H2;1H;/q-1;;. The number of rotatable bonds is 2. The fraction of sp³-hybridized carbons (Fsp3) is 0. The molecule has 0 aliphatic carbocycles. The third-order valence-electron chi connectivity index (χ3n) is 1.94. The van der Waals surface area contributed by atoms with E-state index in [0.717, 1.165) is 17.1 Å². The fourth-order valence-corrected chi connectivity index (χ4v) is 1.22. The van der Waals surface area contributed by atoms with Crippen molar-refractivity contribution in [2.45, 2.75) is 0 Å². The van der Waals surface area contributed by atoms with E-state index in [1.54, 1.807) is 0 Å². The Morgan fingerprint density at radius 1 is 0.812 bits per heavy atom. The van der Waals surface area contributed by atoms with Gasteiger partial charge in [-0.25, -0.2) is 0 Å². The average Bonchev–Trinajstić information content (AvgIpc) is 2.23. The van der Waals surface area contributed by atoms with Crippen LogP contribution in [0.1, 0.15) is 5.56 Å². The van der Waals surface area contributed by atoms with Gasteiger partial charge < -0.3 is 4.74 Å². The molecule has 0 fully saturated rings. The number of hydrogen-bond donors (Lipinski definition) is 0. The van der Waals surface area contributed by atoms with Gasteiger partial charge in [0, 0.05) is 25.2 Å². The maximum atomic E-state index is 5.65. The van der Waals surface area contributed by atoms with Crippen LogP contribution in [0.3, 0.4) is 0 Å². The third-order valence-corrected chi connectivity index (χ3v) is 1.94. The smallest absolute Gasteiger partial charge is 0.110 e. The number of hydrogen-bond acceptors (Lipinski definition) is 1. The molecule has 0 N–H and O–H groups in total. The summed E-state index contributed by atoms with van der Waals surface area (Å²) in [6.07, 6.45) is 0. The number of benzene rings is 2.